The van der Waals surface area contributed by atoms with Gasteiger partial charge >= 0.3 is 0 Å². The van der Waals surface area contributed by atoms with Gasteiger partial charge in [0, 0.05) is 50.4 Å². The lowest BCUT2D eigenvalue weighted by Gasteiger charge is -2.37. The molecule has 1 aromatic rings. The number of ketones is 1. The number of carbonyl (C=O) groups is 1. The minimum absolute atomic E-state index is 0.112. The lowest BCUT2D eigenvalue weighted by molar-refractivity contribution is 0.101. The van der Waals surface area contributed by atoms with E-state index in [1.54, 1.807) is 6.92 Å². The van der Waals surface area contributed by atoms with E-state index in [4.69, 9.17) is 11.6 Å². The number of allylic oxidation sites excluding steroid dienone is 1. The molecule has 126 valence electrons. The number of hydrogen-bond donors (Lipinski definition) is 0. The number of hydrogen-bond acceptors (Lipinski definition) is 3. The molecular weight excluding hydrogens is 320 g/mol. The fourth-order valence-electron chi connectivity index (χ4n) is 3.24. The molecule has 24 heavy (non-hydrogen) atoms. The van der Waals surface area contributed by atoms with Gasteiger partial charge in [-0.25, -0.2) is 0 Å². The van der Waals surface area contributed by atoms with E-state index in [-0.39, 0.29) is 5.78 Å². The van der Waals surface area contributed by atoms with Gasteiger partial charge < -0.3 is 4.90 Å². The van der Waals surface area contributed by atoms with Gasteiger partial charge in [0.05, 0.1) is 5.03 Å². The molecule has 1 aromatic carbocycles. The van der Waals surface area contributed by atoms with E-state index in [1.807, 2.05) is 24.3 Å². The van der Waals surface area contributed by atoms with Crippen LogP contribution in [0.2, 0.25) is 0 Å². The van der Waals surface area contributed by atoms with Crippen molar-refractivity contribution in [3.8, 4) is 11.8 Å². The molecule has 0 bridgehead atoms. The highest BCUT2D eigenvalue weighted by atomic mass is 35.5. The van der Waals surface area contributed by atoms with E-state index in [0.29, 0.717) is 5.92 Å². The summed E-state index contributed by atoms with van der Waals surface area (Å²) in [5.74, 6) is 6.70. The highest BCUT2D eigenvalue weighted by Gasteiger charge is 2.22. The fourth-order valence-corrected chi connectivity index (χ4v) is 3.55. The van der Waals surface area contributed by atoms with Crippen molar-refractivity contribution >= 4 is 23.1 Å². The standard InChI is InChI=1S/C20H23ClN2O/c1-15-4-3-5-20(21)19(15)14-22-10-12-23(13-11-22)18-8-6-17(7-9-18)16(2)24/h6-9,15H,4,10-14H2,1-2H3. The minimum Gasteiger partial charge on any atom is -0.369 e. The first-order chi connectivity index (χ1) is 11.5. The third-order valence-electron chi connectivity index (χ3n) is 4.89. The number of piperazine rings is 1. The quantitative estimate of drug-likeness (QED) is 0.617. The first-order valence-electron chi connectivity index (χ1n) is 8.50. The second-order valence-corrected chi connectivity index (χ2v) is 6.99. The molecular formula is C20H23ClN2O. The highest BCUT2D eigenvalue weighted by molar-refractivity contribution is 6.32. The summed E-state index contributed by atoms with van der Waals surface area (Å²) in [6, 6.07) is 7.92. The number of nitrogens with zero attached hydrogens (tertiary/aromatic N) is 2. The van der Waals surface area contributed by atoms with Crippen LogP contribution in [0.1, 0.15) is 30.6 Å². The Labute approximate surface area is 149 Å². The molecule has 0 N–H and O–H groups in total. The second-order valence-electron chi connectivity index (χ2n) is 6.61. The van der Waals surface area contributed by atoms with E-state index in [0.717, 1.165) is 49.7 Å². The van der Waals surface area contributed by atoms with E-state index >= 15 is 0 Å². The van der Waals surface area contributed by atoms with Crippen molar-refractivity contribution in [3.63, 3.8) is 0 Å². The molecule has 1 heterocycles. The summed E-state index contributed by atoms with van der Waals surface area (Å²) in [5, 5.41) is 0.746. The highest BCUT2D eigenvalue weighted by Crippen LogP contribution is 2.26. The Morgan fingerprint density at radius 3 is 2.46 bits per heavy atom. The van der Waals surface area contributed by atoms with Crippen LogP contribution >= 0.6 is 11.6 Å². The third-order valence-corrected chi connectivity index (χ3v) is 5.23. The maximum absolute atomic E-state index is 11.4. The van der Waals surface area contributed by atoms with Crippen molar-refractivity contribution in [1.82, 2.24) is 4.90 Å². The van der Waals surface area contributed by atoms with Gasteiger partial charge in [0.15, 0.2) is 5.78 Å². The first kappa shape index (κ1) is 17.1. The molecule has 3 nitrogen and oxygen atoms in total. The summed E-state index contributed by atoms with van der Waals surface area (Å²) < 4.78 is 0. The Kier molecular flexibility index (Phi) is 5.28. The third kappa shape index (κ3) is 3.83. The lowest BCUT2D eigenvalue weighted by Crippen LogP contribution is -2.47. The van der Waals surface area contributed by atoms with Gasteiger partial charge in [-0.3, -0.25) is 9.69 Å². The Bertz CT molecular complexity index is 703. The van der Waals surface area contributed by atoms with Crippen LogP contribution in [0.4, 0.5) is 5.69 Å². The summed E-state index contributed by atoms with van der Waals surface area (Å²) in [7, 11) is 0. The number of benzene rings is 1. The number of anilines is 1. The molecule has 1 unspecified atom stereocenters. The minimum atomic E-state index is 0.112. The molecule has 4 heteroatoms. The zero-order chi connectivity index (χ0) is 17.1. The monoisotopic (exact) mass is 342 g/mol. The Morgan fingerprint density at radius 2 is 1.88 bits per heavy atom. The molecule has 1 atom stereocenters. The fraction of sp³-hybridized carbons (Fsp3) is 0.450. The molecule has 0 radical (unpaired) electrons. The molecule has 0 aromatic heterocycles. The zero-order valence-corrected chi connectivity index (χ0v) is 15.1. The van der Waals surface area contributed by atoms with Crippen molar-refractivity contribution in [3.05, 3.63) is 40.4 Å². The molecule has 1 fully saturated rings. The summed E-state index contributed by atoms with van der Waals surface area (Å²) >= 11 is 6.30. The van der Waals surface area contributed by atoms with Crippen molar-refractivity contribution < 1.29 is 4.79 Å². The molecule has 0 amide bonds. The maximum Gasteiger partial charge on any atom is 0.159 e. The summed E-state index contributed by atoms with van der Waals surface area (Å²) in [6.45, 7) is 8.74. The average molecular weight is 343 g/mol. The van der Waals surface area contributed by atoms with Crippen LogP contribution in [-0.2, 0) is 0 Å². The molecule has 1 saturated heterocycles. The Balaban J connectivity index is 1.58. The van der Waals surface area contributed by atoms with Crippen molar-refractivity contribution in [2.24, 2.45) is 5.92 Å². The largest absolute Gasteiger partial charge is 0.369 e. The van der Waals surface area contributed by atoms with Crippen LogP contribution in [0.25, 0.3) is 0 Å². The first-order valence-corrected chi connectivity index (χ1v) is 8.88. The second kappa shape index (κ2) is 7.42. The average Bonchev–Trinajstić information content (AvgIpc) is 2.59. The number of halogens is 1. The molecule has 0 saturated carbocycles. The van der Waals surface area contributed by atoms with Gasteiger partial charge in [0.2, 0.25) is 0 Å². The van der Waals surface area contributed by atoms with Crippen LogP contribution in [0.15, 0.2) is 34.9 Å². The van der Waals surface area contributed by atoms with E-state index in [1.165, 1.54) is 11.3 Å². The predicted octanol–water partition coefficient (Wildman–Crippen LogP) is 3.55. The van der Waals surface area contributed by atoms with E-state index < -0.39 is 0 Å². The van der Waals surface area contributed by atoms with Crippen LogP contribution in [0, 0.1) is 17.8 Å². The normalized spacial score (nSPS) is 21.5. The van der Waals surface area contributed by atoms with Gasteiger partial charge in [0.25, 0.3) is 0 Å². The smallest absolute Gasteiger partial charge is 0.159 e. The summed E-state index contributed by atoms with van der Waals surface area (Å²) in [4.78, 5) is 16.2. The zero-order valence-electron chi connectivity index (χ0n) is 14.3. The van der Waals surface area contributed by atoms with Gasteiger partial charge in [-0.15, -0.1) is 0 Å². The SMILES string of the molecule is CC(=O)c1ccc(N2CCN(CC3=C(Cl)C#CCC3C)CC2)cc1. The number of carbonyl (C=O) groups excluding carboxylic acids is 1. The van der Waals surface area contributed by atoms with Crippen LogP contribution in [0.3, 0.4) is 0 Å². The Morgan fingerprint density at radius 1 is 1.21 bits per heavy atom. The van der Waals surface area contributed by atoms with Crippen molar-refractivity contribution in [2.45, 2.75) is 20.3 Å². The summed E-state index contributed by atoms with van der Waals surface area (Å²) in [6.07, 6.45) is 0.911. The van der Waals surface area contributed by atoms with Crippen LogP contribution in [-0.4, -0.2) is 43.4 Å². The maximum atomic E-state index is 11.4. The topological polar surface area (TPSA) is 23.6 Å². The predicted molar refractivity (Wildman–Crippen MR) is 99.5 cm³/mol. The van der Waals surface area contributed by atoms with E-state index in [9.17, 15) is 4.79 Å². The molecule has 2 aliphatic rings. The number of rotatable bonds is 4. The van der Waals surface area contributed by atoms with Gasteiger partial charge in [0.1, 0.15) is 0 Å². The molecule has 3 rings (SSSR count). The molecule has 0 spiro atoms. The number of Topliss-reactive ketones (excluding diaryl/α,β-unsaturated/α-hetero) is 1. The Hall–Kier alpha value is -1.76. The molecule has 1 aliphatic carbocycles. The van der Waals surface area contributed by atoms with Gasteiger partial charge in [-0.1, -0.05) is 30.4 Å². The summed E-state index contributed by atoms with van der Waals surface area (Å²) in [5.41, 5.74) is 3.25. The van der Waals surface area contributed by atoms with Crippen LogP contribution < -0.4 is 4.90 Å². The van der Waals surface area contributed by atoms with Crippen LogP contribution in [0.5, 0.6) is 0 Å². The van der Waals surface area contributed by atoms with Crippen molar-refractivity contribution in [2.75, 3.05) is 37.6 Å². The van der Waals surface area contributed by atoms with E-state index in [2.05, 4.69) is 28.6 Å². The lowest BCUT2D eigenvalue weighted by atomic mass is 9.94. The van der Waals surface area contributed by atoms with Gasteiger partial charge in [-0.05, 0) is 42.7 Å². The molecule has 1 aliphatic heterocycles. The van der Waals surface area contributed by atoms with Gasteiger partial charge in [-0.2, -0.15) is 0 Å². The van der Waals surface area contributed by atoms with Crippen molar-refractivity contribution in [1.29, 1.82) is 0 Å².